The van der Waals surface area contributed by atoms with Crippen LogP contribution in [0.5, 0.6) is 0 Å². The topological polar surface area (TPSA) is 118 Å². The van der Waals surface area contributed by atoms with Crippen molar-refractivity contribution >= 4 is 17.8 Å². The van der Waals surface area contributed by atoms with Crippen LogP contribution >= 0.6 is 0 Å². The standard InChI is InChI=1S/C11H9N3O4/c12-9-5-8(11(17)18)13-14(9)7-3-1-6(2-4-7)10(15)16/h1-5H,12H2,(H,15,16)(H,17,18). The van der Waals surface area contributed by atoms with Gasteiger partial charge in [0.15, 0.2) is 5.69 Å². The van der Waals surface area contributed by atoms with Crippen molar-refractivity contribution in [1.82, 2.24) is 9.78 Å². The number of benzene rings is 1. The SMILES string of the molecule is Nc1cc(C(=O)O)nn1-c1ccc(C(=O)O)cc1. The molecule has 18 heavy (non-hydrogen) atoms. The fourth-order valence-electron chi connectivity index (χ4n) is 1.45. The maximum Gasteiger partial charge on any atom is 0.356 e. The number of hydrogen-bond acceptors (Lipinski definition) is 4. The second-order valence-electron chi connectivity index (χ2n) is 3.52. The van der Waals surface area contributed by atoms with Crippen LogP contribution in [0, 0.1) is 0 Å². The second-order valence-corrected chi connectivity index (χ2v) is 3.52. The lowest BCUT2D eigenvalue weighted by molar-refractivity contribution is 0.0682. The zero-order chi connectivity index (χ0) is 13.3. The Bertz CT molecular complexity index is 616. The summed E-state index contributed by atoms with van der Waals surface area (Å²) in [6.07, 6.45) is 0. The highest BCUT2D eigenvalue weighted by Gasteiger charge is 2.12. The quantitative estimate of drug-likeness (QED) is 0.739. The Morgan fingerprint density at radius 3 is 2.17 bits per heavy atom. The largest absolute Gasteiger partial charge is 0.478 e. The number of carboxylic acids is 2. The number of nitrogens with zero attached hydrogens (tertiary/aromatic N) is 2. The van der Waals surface area contributed by atoms with Gasteiger partial charge in [-0.1, -0.05) is 0 Å². The average Bonchev–Trinajstić information content (AvgIpc) is 2.71. The summed E-state index contributed by atoms with van der Waals surface area (Å²) in [5.41, 5.74) is 6.08. The van der Waals surface area contributed by atoms with Gasteiger partial charge >= 0.3 is 11.9 Å². The maximum atomic E-state index is 10.7. The van der Waals surface area contributed by atoms with E-state index in [9.17, 15) is 9.59 Å². The minimum Gasteiger partial charge on any atom is -0.478 e. The highest BCUT2D eigenvalue weighted by molar-refractivity contribution is 5.88. The zero-order valence-electron chi connectivity index (χ0n) is 9.07. The summed E-state index contributed by atoms with van der Waals surface area (Å²) < 4.78 is 1.23. The third kappa shape index (κ3) is 2.01. The zero-order valence-corrected chi connectivity index (χ0v) is 9.07. The van der Waals surface area contributed by atoms with Crippen LogP contribution in [0.3, 0.4) is 0 Å². The summed E-state index contributed by atoms with van der Waals surface area (Å²) in [6.45, 7) is 0. The number of aromatic carboxylic acids is 2. The minimum absolute atomic E-state index is 0.128. The Balaban J connectivity index is 2.42. The van der Waals surface area contributed by atoms with Crippen LogP contribution in [-0.2, 0) is 0 Å². The van der Waals surface area contributed by atoms with Crippen LogP contribution in [0.4, 0.5) is 5.82 Å². The second kappa shape index (κ2) is 4.21. The van der Waals surface area contributed by atoms with E-state index in [-0.39, 0.29) is 17.1 Å². The molecule has 1 heterocycles. The van der Waals surface area contributed by atoms with Crippen molar-refractivity contribution in [2.24, 2.45) is 0 Å². The lowest BCUT2D eigenvalue weighted by Gasteiger charge is -2.03. The van der Waals surface area contributed by atoms with Gasteiger partial charge in [0.2, 0.25) is 0 Å². The van der Waals surface area contributed by atoms with Crippen LogP contribution < -0.4 is 5.73 Å². The normalized spacial score (nSPS) is 10.2. The molecule has 7 nitrogen and oxygen atoms in total. The van der Waals surface area contributed by atoms with Gasteiger partial charge in [0.25, 0.3) is 0 Å². The van der Waals surface area contributed by atoms with Gasteiger partial charge in [0.1, 0.15) is 5.82 Å². The van der Waals surface area contributed by atoms with Crippen LogP contribution in [0.2, 0.25) is 0 Å². The van der Waals surface area contributed by atoms with Gasteiger partial charge in [-0.25, -0.2) is 14.3 Å². The molecule has 2 rings (SSSR count). The van der Waals surface area contributed by atoms with Crippen molar-refractivity contribution < 1.29 is 19.8 Å². The van der Waals surface area contributed by atoms with E-state index >= 15 is 0 Å². The van der Waals surface area contributed by atoms with E-state index in [1.807, 2.05) is 0 Å². The number of nitrogen functional groups attached to an aromatic ring is 1. The van der Waals surface area contributed by atoms with Crippen LogP contribution in [0.1, 0.15) is 20.8 Å². The third-order valence-corrected chi connectivity index (χ3v) is 2.31. The summed E-state index contributed by atoms with van der Waals surface area (Å²) in [7, 11) is 0. The Morgan fingerprint density at radius 1 is 1.11 bits per heavy atom. The Labute approximate surface area is 101 Å². The number of rotatable bonds is 3. The summed E-state index contributed by atoms with van der Waals surface area (Å²) in [5.74, 6) is -2.06. The molecular weight excluding hydrogens is 238 g/mol. The van der Waals surface area contributed by atoms with Crippen LogP contribution in [-0.4, -0.2) is 31.9 Å². The molecule has 0 atom stereocenters. The smallest absolute Gasteiger partial charge is 0.356 e. The molecule has 0 aliphatic carbocycles. The van der Waals surface area contributed by atoms with Crippen molar-refractivity contribution in [1.29, 1.82) is 0 Å². The average molecular weight is 247 g/mol. The first-order valence-electron chi connectivity index (χ1n) is 4.91. The molecular formula is C11H9N3O4. The van der Waals surface area contributed by atoms with E-state index in [0.29, 0.717) is 5.69 Å². The molecule has 92 valence electrons. The van der Waals surface area contributed by atoms with Crippen molar-refractivity contribution in [3.8, 4) is 5.69 Å². The molecule has 2 aromatic rings. The number of aromatic nitrogens is 2. The molecule has 1 aromatic heterocycles. The van der Waals surface area contributed by atoms with Crippen molar-refractivity contribution in [2.45, 2.75) is 0 Å². The molecule has 0 aliphatic heterocycles. The fourth-order valence-corrected chi connectivity index (χ4v) is 1.45. The predicted molar refractivity (Wildman–Crippen MR) is 61.9 cm³/mol. The van der Waals surface area contributed by atoms with Crippen molar-refractivity contribution in [3.05, 3.63) is 41.6 Å². The number of carbonyl (C=O) groups is 2. The Kier molecular flexibility index (Phi) is 2.72. The Morgan fingerprint density at radius 2 is 1.72 bits per heavy atom. The molecule has 0 bridgehead atoms. The molecule has 0 radical (unpaired) electrons. The third-order valence-electron chi connectivity index (χ3n) is 2.31. The lowest BCUT2D eigenvalue weighted by atomic mass is 10.2. The van der Waals surface area contributed by atoms with E-state index < -0.39 is 11.9 Å². The number of hydrogen-bond donors (Lipinski definition) is 3. The summed E-state index contributed by atoms with van der Waals surface area (Å²) in [6, 6.07) is 7.00. The monoisotopic (exact) mass is 247 g/mol. The number of anilines is 1. The van der Waals surface area contributed by atoms with Gasteiger partial charge in [-0.05, 0) is 24.3 Å². The van der Waals surface area contributed by atoms with Crippen molar-refractivity contribution in [3.63, 3.8) is 0 Å². The van der Waals surface area contributed by atoms with Gasteiger partial charge < -0.3 is 15.9 Å². The van der Waals surface area contributed by atoms with Gasteiger partial charge in [0, 0.05) is 6.07 Å². The molecule has 0 saturated carbocycles. The molecule has 1 aromatic carbocycles. The summed E-state index contributed by atoms with van der Waals surface area (Å²) in [5, 5.41) is 21.3. The molecule has 0 spiro atoms. The van der Waals surface area contributed by atoms with E-state index in [4.69, 9.17) is 15.9 Å². The molecule has 0 fully saturated rings. The molecule has 7 heteroatoms. The van der Waals surface area contributed by atoms with E-state index in [0.717, 1.165) is 0 Å². The first-order chi connectivity index (χ1) is 8.49. The summed E-state index contributed by atoms with van der Waals surface area (Å²) >= 11 is 0. The van der Waals surface area contributed by atoms with E-state index in [2.05, 4.69) is 5.10 Å². The highest BCUT2D eigenvalue weighted by Crippen LogP contribution is 2.15. The van der Waals surface area contributed by atoms with Gasteiger partial charge in [-0.15, -0.1) is 0 Å². The maximum absolute atomic E-state index is 10.7. The predicted octanol–water partition coefficient (Wildman–Crippen LogP) is 0.851. The number of nitrogens with two attached hydrogens (primary N) is 1. The molecule has 0 saturated heterocycles. The van der Waals surface area contributed by atoms with Gasteiger partial charge in [-0.2, -0.15) is 5.10 Å². The summed E-state index contributed by atoms with van der Waals surface area (Å²) in [4.78, 5) is 21.4. The lowest BCUT2D eigenvalue weighted by Crippen LogP contribution is -2.04. The van der Waals surface area contributed by atoms with Crippen molar-refractivity contribution in [2.75, 3.05) is 5.73 Å². The van der Waals surface area contributed by atoms with Gasteiger partial charge in [-0.3, -0.25) is 0 Å². The molecule has 4 N–H and O–H groups in total. The fraction of sp³-hybridized carbons (Fsp3) is 0. The molecule has 0 aliphatic rings. The molecule has 0 amide bonds. The first-order valence-corrected chi connectivity index (χ1v) is 4.91. The highest BCUT2D eigenvalue weighted by atomic mass is 16.4. The van der Waals surface area contributed by atoms with Crippen LogP contribution in [0.15, 0.2) is 30.3 Å². The van der Waals surface area contributed by atoms with E-state index in [1.54, 1.807) is 0 Å². The Hall–Kier alpha value is -2.83. The van der Waals surface area contributed by atoms with Crippen LogP contribution in [0.25, 0.3) is 5.69 Å². The minimum atomic E-state index is -1.18. The van der Waals surface area contributed by atoms with Gasteiger partial charge in [0.05, 0.1) is 11.3 Å². The van der Waals surface area contributed by atoms with E-state index in [1.165, 1.54) is 35.0 Å². The molecule has 0 unspecified atom stereocenters. The number of carboxylic acid groups (broad SMARTS) is 2. The first kappa shape index (κ1) is 11.6.